The van der Waals surface area contributed by atoms with Crippen molar-refractivity contribution in [3.8, 4) is 0 Å². The summed E-state index contributed by atoms with van der Waals surface area (Å²) in [5.74, 6) is 0.0371. The highest BCUT2D eigenvalue weighted by Crippen LogP contribution is 2.34. The quantitative estimate of drug-likeness (QED) is 0.907. The number of para-hydroxylation sites is 1. The minimum atomic E-state index is 0. The van der Waals surface area contributed by atoms with Crippen LogP contribution in [0.25, 0.3) is 10.9 Å². The molecule has 0 spiro atoms. The van der Waals surface area contributed by atoms with E-state index in [1.807, 2.05) is 36.2 Å². The highest BCUT2D eigenvalue weighted by Gasteiger charge is 2.38. The van der Waals surface area contributed by atoms with Crippen LogP contribution in [0.1, 0.15) is 42.6 Å². The lowest BCUT2D eigenvalue weighted by Crippen LogP contribution is -2.55. The van der Waals surface area contributed by atoms with Gasteiger partial charge in [0.2, 0.25) is 0 Å². The number of carbonyl (C=O) groups is 1. The van der Waals surface area contributed by atoms with Crippen molar-refractivity contribution in [1.29, 1.82) is 0 Å². The maximum atomic E-state index is 13.0. The number of amides is 1. The first kappa shape index (κ1) is 17.2. The average Bonchev–Trinajstić information content (AvgIpc) is 2.97. The van der Waals surface area contributed by atoms with E-state index in [0.717, 1.165) is 23.7 Å². The van der Waals surface area contributed by atoms with E-state index in [2.05, 4.69) is 22.1 Å². The van der Waals surface area contributed by atoms with Gasteiger partial charge in [0.1, 0.15) is 0 Å². The van der Waals surface area contributed by atoms with Crippen LogP contribution < -0.4 is 0 Å². The van der Waals surface area contributed by atoms with Gasteiger partial charge in [0, 0.05) is 30.6 Å². The summed E-state index contributed by atoms with van der Waals surface area (Å²) < 4.78 is 0. The number of hydrogen-bond donors (Lipinski definition) is 1. The molecule has 4 rings (SSSR count). The molecule has 24 heavy (non-hydrogen) atoms. The van der Waals surface area contributed by atoms with Gasteiger partial charge in [-0.25, -0.2) is 0 Å². The third kappa shape index (κ3) is 2.80. The van der Waals surface area contributed by atoms with E-state index in [1.54, 1.807) is 0 Å². The van der Waals surface area contributed by atoms with Crippen molar-refractivity contribution in [3.63, 3.8) is 0 Å². The van der Waals surface area contributed by atoms with Gasteiger partial charge in [-0.3, -0.25) is 9.89 Å². The van der Waals surface area contributed by atoms with Crippen molar-refractivity contribution in [1.82, 2.24) is 20.0 Å². The van der Waals surface area contributed by atoms with Gasteiger partial charge in [-0.15, -0.1) is 12.4 Å². The van der Waals surface area contributed by atoms with Crippen LogP contribution in [0.5, 0.6) is 0 Å². The van der Waals surface area contributed by atoms with E-state index in [1.165, 1.54) is 19.3 Å². The van der Waals surface area contributed by atoms with Crippen LogP contribution in [-0.2, 0) is 0 Å². The number of rotatable bonds is 2. The summed E-state index contributed by atoms with van der Waals surface area (Å²) in [6.07, 6.45) is 6.01. The van der Waals surface area contributed by atoms with Crippen LogP contribution in [0.15, 0.2) is 24.3 Å². The monoisotopic (exact) mass is 348 g/mol. The van der Waals surface area contributed by atoms with Crippen molar-refractivity contribution >= 4 is 29.2 Å². The highest BCUT2D eigenvalue weighted by atomic mass is 35.5. The van der Waals surface area contributed by atoms with E-state index in [9.17, 15) is 4.79 Å². The van der Waals surface area contributed by atoms with E-state index in [4.69, 9.17) is 0 Å². The maximum absolute atomic E-state index is 13.0. The zero-order chi connectivity index (χ0) is 16.0. The first-order valence-corrected chi connectivity index (χ1v) is 8.57. The molecule has 1 aromatic heterocycles. The summed E-state index contributed by atoms with van der Waals surface area (Å²) in [4.78, 5) is 17.4. The van der Waals surface area contributed by atoms with Crippen LogP contribution in [0.4, 0.5) is 0 Å². The zero-order valence-corrected chi connectivity index (χ0v) is 15.1. The third-order valence-corrected chi connectivity index (χ3v) is 5.86. The van der Waals surface area contributed by atoms with Crippen molar-refractivity contribution in [2.24, 2.45) is 0 Å². The number of benzene rings is 1. The van der Waals surface area contributed by atoms with Crippen LogP contribution >= 0.6 is 12.4 Å². The lowest BCUT2D eigenvalue weighted by Gasteiger charge is -2.49. The summed E-state index contributed by atoms with van der Waals surface area (Å²) in [7, 11) is 4.19. The van der Waals surface area contributed by atoms with Gasteiger partial charge in [-0.1, -0.05) is 24.6 Å². The smallest absolute Gasteiger partial charge is 0.274 e. The number of halogens is 1. The Hall–Kier alpha value is -1.59. The Morgan fingerprint density at radius 3 is 2.62 bits per heavy atom. The van der Waals surface area contributed by atoms with Crippen molar-refractivity contribution in [2.45, 2.75) is 50.2 Å². The van der Waals surface area contributed by atoms with Gasteiger partial charge in [-0.05, 0) is 38.8 Å². The predicted octanol–water partition coefficient (Wildman–Crippen LogP) is 3.07. The molecule has 2 aromatic rings. The number of nitrogens with one attached hydrogen (secondary N) is 1. The minimum Gasteiger partial charge on any atom is -0.337 e. The Kier molecular flexibility index (Phi) is 4.83. The SMILES string of the molecule is CN(C(=O)c1n[nH]c2ccccc12)C1CC2CCCC(C1)N2C.Cl. The number of nitrogens with zero attached hydrogens (tertiary/aromatic N) is 3. The molecule has 5 nitrogen and oxygen atoms in total. The maximum Gasteiger partial charge on any atom is 0.274 e. The number of piperidine rings is 2. The zero-order valence-electron chi connectivity index (χ0n) is 14.2. The topological polar surface area (TPSA) is 52.2 Å². The molecule has 1 N–H and O–H groups in total. The number of carbonyl (C=O) groups excluding carboxylic acids is 1. The van der Waals surface area contributed by atoms with Gasteiger partial charge in [0.25, 0.3) is 5.91 Å². The summed E-state index contributed by atoms with van der Waals surface area (Å²) >= 11 is 0. The fourth-order valence-corrected chi connectivity index (χ4v) is 4.36. The largest absolute Gasteiger partial charge is 0.337 e. The molecule has 2 saturated heterocycles. The number of aromatic amines is 1. The molecule has 2 aliphatic heterocycles. The summed E-state index contributed by atoms with van der Waals surface area (Å²) in [5, 5.41) is 8.15. The summed E-state index contributed by atoms with van der Waals surface area (Å²) in [5.41, 5.74) is 1.47. The van der Waals surface area contributed by atoms with Crippen LogP contribution in [0.2, 0.25) is 0 Å². The van der Waals surface area contributed by atoms with Crippen molar-refractivity contribution in [2.75, 3.05) is 14.1 Å². The molecule has 0 saturated carbocycles. The molecule has 3 heterocycles. The minimum absolute atomic E-state index is 0. The Bertz CT molecular complexity index is 717. The first-order chi connectivity index (χ1) is 11.1. The fourth-order valence-electron chi connectivity index (χ4n) is 4.36. The fraction of sp³-hybridized carbons (Fsp3) is 0.556. The van der Waals surface area contributed by atoms with Crippen molar-refractivity contribution < 1.29 is 4.79 Å². The van der Waals surface area contributed by atoms with Gasteiger partial charge < -0.3 is 9.80 Å². The summed E-state index contributed by atoms with van der Waals surface area (Å²) in [6.45, 7) is 0. The van der Waals surface area contributed by atoms with Crippen LogP contribution in [0.3, 0.4) is 0 Å². The lowest BCUT2D eigenvalue weighted by molar-refractivity contribution is 0.0162. The molecule has 2 fully saturated rings. The average molecular weight is 349 g/mol. The molecule has 6 heteroatoms. The third-order valence-electron chi connectivity index (χ3n) is 5.86. The van der Waals surface area contributed by atoms with Crippen LogP contribution in [-0.4, -0.2) is 58.1 Å². The van der Waals surface area contributed by atoms with Crippen molar-refractivity contribution in [3.05, 3.63) is 30.0 Å². The van der Waals surface area contributed by atoms with E-state index >= 15 is 0 Å². The van der Waals surface area contributed by atoms with E-state index in [0.29, 0.717) is 23.8 Å². The molecule has 0 radical (unpaired) electrons. The van der Waals surface area contributed by atoms with Gasteiger partial charge in [0.15, 0.2) is 5.69 Å². The lowest BCUT2D eigenvalue weighted by atomic mass is 9.81. The second-order valence-corrected chi connectivity index (χ2v) is 7.06. The molecule has 1 aromatic carbocycles. The number of aromatic nitrogens is 2. The van der Waals surface area contributed by atoms with Crippen LogP contribution in [0, 0.1) is 0 Å². The predicted molar refractivity (Wildman–Crippen MR) is 97.6 cm³/mol. The van der Waals surface area contributed by atoms with E-state index in [-0.39, 0.29) is 18.3 Å². The molecular formula is C18H25ClN4O. The second kappa shape index (κ2) is 6.73. The molecule has 130 valence electrons. The number of hydrogen-bond acceptors (Lipinski definition) is 3. The Balaban J connectivity index is 0.00000169. The van der Waals surface area contributed by atoms with Gasteiger partial charge in [-0.2, -0.15) is 5.10 Å². The normalized spacial score (nSPS) is 26.8. The number of fused-ring (bicyclic) bond motifs is 3. The highest BCUT2D eigenvalue weighted by molar-refractivity contribution is 6.04. The molecule has 2 aliphatic rings. The molecule has 2 bridgehead atoms. The second-order valence-electron chi connectivity index (χ2n) is 7.06. The summed E-state index contributed by atoms with van der Waals surface area (Å²) in [6, 6.07) is 9.40. The molecule has 0 aliphatic carbocycles. The van der Waals surface area contributed by atoms with Gasteiger partial charge >= 0.3 is 0 Å². The molecule has 2 unspecified atom stereocenters. The van der Waals surface area contributed by atoms with E-state index < -0.39 is 0 Å². The number of H-pyrrole nitrogens is 1. The van der Waals surface area contributed by atoms with Gasteiger partial charge in [0.05, 0.1) is 5.52 Å². The molecule has 2 atom stereocenters. The Morgan fingerprint density at radius 1 is 1.25 bits per heavy atom. The molecular weight excluding hydrogens is 324 g/mol. The molecule has 1 amide bonds. The Morgan fingerprint density at radius 2 is 1.92 bits per heavy atom. The Labute approximate surface area is 148 Å². The standard InChI is InChI=1S/C18H24N4O.ClH/c1-21-12-6-5-7-13(21)11-14(10-12)22(2)18(23)17-15-8-3-4-9-16(15)19-20-17;/h3-4,8-9,12-14H,5-7,10-11H2,1-2H3,(H,19,20);1H. The first-order valence-electron chi connectivity index (χ1n) is 8.57.